The van der Waals surface area contributed by atoms with E-state index in [4.69, 9.17) is 0 Å². The normalized spacial score (nSPS) is 14.8. The largest absolute Gasteiger partial charge is 0.368 e. The Morgan fingerprint density at radius 1 is 1.00 bits per heavy atom. The van der Waals surface area contributed by atoms with Crippen LogP contribution < -0.4 is 10.2 Å². The molecule has 2 amide bonds. The Morgan fingerprint density at radius 2 is 1.72 bits per heavy atom. The fourth-order valence-corrected chi connectivity index (χ4v) is 4.29. The third-order valence-corrected chi connectivity index (χ3v) is 6.34. The molecular weight excluding hydrogens is 398 g/mol. The van der Waals surface area contributed by atoms with Crippen LogP contribution in [0.2, 0.25) is 0 Å². The summed E-state index contributed by atoms with van der Waals surface area (Å²) in [5.74, 6) is 0.399. The fraction of sp³-hybridized carbons (Fsp3) is 0.481. The van der Waals surface area contributed by atoms with Crippen LogP contribution in [0.15, 0.2) is 48.5 Å². The van der Waals surface area contributed by atoms with Gasteiger partial charge in [-0.2, -0.15) is 0 Å². The Bertz CT molecular complexity index is 886. The Hall–Kier alpha value is -2.82. The summed E-state index contributed by atoms with van der Waals surface area (Å²) in [6.45, 7) is 9.40. The van der Waals surface area contributed by atoms with Crippen molar-refractivity contribution in [3.05, 3.63) is 59.7 Å². The van der Waals surface area contributed by atoms with E-state index < -0.39 is 0 Å². The van der Waals surface area contributed by atoms with Crippen LogP contribution in [0.5, 0.6) is 0 Å². The van der Waals surface area contributed by atoms with E-state index in [1.165, 1.54) is 5.56 Å². The molecule has 32 heavy (non-hydrogen) atoms. The molecular formula is C27H37N3O2. The Balaban J connectivity index is 1.49. The summed E-state index contributed by atoms with van der Waals surface area (Å²) in [5, 5.41) is 3.07. The van der Waals surface area contributed by atoms with Gasteiger partial charge in [-0.3, -0.25) is 9.59 Å². The van der Waals surface area contributed by atoms with Crippen molar-refractivity contribution in [3.63, 3.8) is 0 Å². The summed E-state index contributed by atoms with van der Waals surface area (Å²) in [6, 6.07) is 16.3. The maximum atomic E-state index is 12.7. The number of amides is 2. The number of hydrogen-bond donors (Lipinski definition) is 1. The van der Waals surface area contributed by atoms with Gasteiger partial charge in [0.2, 0.25) is 11.8 Å². The lowest BCUT2D eigenvalue weighted by atomic mass is 9.98. The van der Waals surface area contributed by atoms with Crippen molar-refractivity contribution >= 4 is 23.2 Å². The van der Waals surface area contributed by atoms with E-state index in [1.807, 2.05) is 29.2 Å². The van der Waals surface area contributed by atoms with Gasteiger partial charge in [0.25, 0.3) is 0 Å². The summed E-state index contributed by atoms with van der Waals surface area (Å²) in [6.07, 6.45) is 4.49. The number of piperazine rings is 1. The van der Waals surface area contributed by atoms with Crippen LogP contribution in [-0.4, -0.2) is 42.9 Å². The SMILES string of the molecule is CCCC[C@@H](CC)C(=O)Nc1ccc(N2CCN(C(=O)Cc3cccc(C)c3)CC2)cc1. The van der Waals surface area contributed by atoms with Crippen molar-refractivity contribution < 1.29 is 9.59 Å². The van der Waals surface area contributed by atoms with Crippen molar-refractivity contribution in [2.24, 2.45) is 5.92 Å². The first-order chi connectivity index (χ1) is 15.5. The maximum absolute atomic E-state index is 12.7. The van der Waals surface area contributed by atoms with Gasteiger partial charge in [0.15, 0.2) is 0 Å². The minimum absolute atomic E-state index is 0.0834. The monoisotopic (exact) mass is 435 g/mol. The molecule has 0 aliphatic carbocycles. The molecule has 2 aromatic rings. The zero-order valence-electron chi connectivity index (χ0n) is 19.8. The van der Waals surface area contributed by atoms with Crippen molar-refractivity contribution in [1.82, 2.24) is 4.90 Å². The number of benzene rings is 2. The number of rotatable bonds is 9. The van der Waals surface area contributed by atoms with E-state index in [9.17, 15) is 9.59 Å². The Kier molecular flexibility index (Phi) is 8.72. The third kappa shape index (κ3) is 6.59. The second kappa shape index (κ2) is 11.7. The molecule has 0 radical (unpaired) electrons. The van der Waals surface area contributed by atoms with E-state index in [-0.39, 0.29) is 17.7 Å². The first kappa shape index (κ1) is 23.8. The Labute approximate surface area is 192 Å². The maximum Gasteiger partial charge on any atom is 0.227 e. The molecule has 1 aliphatic rings. The zero-order chi connectivity index (χ0) is 22.9. The van der Waals surface area contributed by atoms with Gasteiger partial charge in [-0.1, -0.05) is 56.5 Å². The quantitative estimate of drug-likeness (QED) is 0.600. The highest BCUT2D eigenvalue weighted by Crippen LogP contribution is 2.21. The second-order valence-electron chi connectivity index (χ2n) is 8.82. The van der Waals surface area contributed by atoms with Gasteiger partial charge in [0.05, 0.1) is 6.42 Å². The highest BCUT2D eigenvalue weighted by atomic mass is 16.2. The predicted molar refractivity (Wildman–Crippen MR) is 132 cm³/mol. The molecule has 1 fully saturated rings. The van der Waals surface area contributed by atoms with Crippen molar-refractivity contribution in [1.29, 1.82) is 0 Å². The van der Waals surface area contributed by atoms with Crippen LogP contribution >= 0.6 is 0 Å². The lowest BCUT2D eigenvalue weighted by molar-refractivity contribution is -0.130. The van der Waals surface area contributed by atoms with Crippen molar-refractivity contribution in [2.45, 2.75) is 52.9 Å². The van der Waals surface area contributed by atoms with Crippen LogP contribution in [0.25, 0.3) is 0 Å². The third-order valence-electron chi connectivity index (χ3n) is 6.34. The van der Waals surface area contributed by atoms with Gasteiger partial charge in [0, 0.05) is 43.5 Å². The highest BCUT2D eigenvalue weighted by molar-refractivity contribution is 5.92. The number of aryl methyl sites for hydroxylation is 1. The first-order valence-corrected chi connectivity index (χ1v) is 12.0. The number of carbonyl (C=O) groups is 2. The topological polar surface area (TPSA) is 52.7 Å². The molecule has 1 N–H and O–H groups in total. The molecule has 0 spiro atoms. The summed E-state index contributed by atoms with van der Waals surface area (Å²) >= 11 is 0. The number of anilines is 2. The summed E-state index contributed by atoms with van der Waals surface area (Å²) in [7, 11) is 0. The number of nitrogens with one attached hydrogen (secondary N) is 1. The van der Waals surface area contributed by atoms with Crippen molar-refractivity contribution in [2.75, 3.05) is 36.4 Å². The van der Waals surface area contributed by atoms with Gasteiger partial charge in [0.1, 0.15) is 0 Å². The fourth-order valence-electron chi connectivity index (χ4n) is 4.29. The predicted octanol–water partition coefficient (Wildman–Crippen LogP) is 5.04. The average molecular weight is 436 g/mol. The standard InChI is InChI=1S/C27H37N3O2/c1-4-6-10-23(5-2)27(32)28-24-11-13-25(14-12-24)29-15-17-30(18-16-29)26(31)20-22-9-7-8-21(3)19-22/h7-9,11-14,19,23H,4-6,10,15-18,20H2,1-3H3,(H,28,32)/t23-/m1/s1. The highest BCUT2D eigenvalue weighted by Gasteiger charge is 2.22. The molecule has 0 saturated carbocycles. The van der Waals surface area contributed by atoms with E-state index in [0.29, 0.717) is 6.42 Å². The van der Waals surface area contributed by atoms with Gasteiger partial charge >= 0.3 is 0 Å². The summed E-state index contributed by atoms with van der Waals surface area (Å²) in [4.78, 5) is 29.5. The van der Waals surface area contributed by atoms with E-state index in [0.717, 1.165) is 68.8 Å². The molecule has 1 saturated heterocycles. The Morgan fingerprint density at radius 3 is 2.34 bits per heavy atom. The molecule has 172 valence electrons. The van der Waals surface area contributed by atoms with Gasteiger partial charge < -0.3 is 15.1 Å². The first-order valence-electron chi connectivity index (χ1n) is 12.0. The van der Waals surface area contributed by atoms with E-state index >= 15 is 0 Å². The number of carbonyl (C=O) groups excluding carboxylic acids is 2. The van der Waals surface area contributed by atoms with Crippen LogP contribution in [0.3, 0.4) is 0 Å². The van der Waals surface area contributed by atoms with E-state index in [1.54, 1.807) is 0 Å². The smallest absolute Gasteiger partial charge is 0.227 e. The van der Waals surface area contributed by atoms with Gasteiger partial charge in [-0.15, -0.1) is 0 Å². The molecule has 2 aromatic carbocycles. The van der Waals surface area contributed by atoms with Crippen LogP contribution in [0, 0.1) is 12.8 Å². The molecule has 1 heterocycles. The molecule has 0 bridgehead atoms. The molecule has 5 nitrogen and oxygen atoms in total. The van der Waals surface area contributed by atoms with Crippen LogP contribution in [-0.2, 0) is 16.0 Å². The summed E-state index contributed by atoms with van der Waals surface area (Å²) in [5.41, 5.74) is 4.24. The molecule has 0 unspecified atom stereocenters. The van der Waals surface area contributed by atoms with Crippen LogP contribution in [0.4, 0.5) is 11.4 Å². The second-order valence-corrected chi connectivity index (χ2v) is 8.82. The number of nitrogens with zero attached hydrogens (tertiary/aromatic N) is 2. The molecule has 3 rings (SSSR count). The van der Waals surface area contributed by atoms with Crippen LogP contribution in [0.1, 0.15) is 50.7 Å². The minimum atomic E-state index is 0.0834. The molecule has 5 heteroatoms. The summed E-state index contributed by atoms with van der Waals surface area (Å²) < 4.78 is 0. The lowest BCUT2D eigenvalue weighted by Crippen LogP contribution is -2.49. The van der Waals surface area contributed by atoms with Gasteiger partial charge in [-0.05, 0) is 49.6 Å². The molecule has 1 aliphatic heterocycles. The van der Waals surface area contributed by atoms with E-state index in [2.05, 4.69) is 55.3 Å². The lowest BCUT2D eigenvalue weighted by Gasteiger charge is -2.36. The van der Waals surface area contributed by atoms with Gasteiger partial charge in [-0.25, -0.2) is 0 Å². The molecule has 0 aromatic heterocycles. The minimum Gasteiger partial charge on any atom is -0.368 e. The zero-order valence-corrected chi connectivity index (χ0v) is 19.8. The average Bonchev–Trinajstić information content (AvgIpc) is 2.80. The molecule has 1 atom stereocenters. The number of hydrogen-bond acceptors (Lipinski definition) is 3. The van der Waals surface area contributed by atoms with Crippen molar-refractivity contribution in [3.8, 4) is 0 Å². The number of unbranched alkanes of at least 4 members (excludes halogenated alkanes) is 1.